The average molecular weight is 342 g/mol. The van der Waals surface area contributed by atoms with Crippen LogP contribution in [0.5, 0.6) is 5.75 Å². The van der Waals surface area contributed by atoms with Crippen LogP contribution in [-0.4, -0.2) is 12.1 Å². The van der Waals surface area contributed by atoms with E-state index in [9.17, 15) is 0 Å². The molecule has 1 atom stereocenters. The van der Waals surface area contributed by atoms with E-state index < -0.39 is 0 Å². The monoisotopic (exact) mass is 340 g/mol. The van der Waals surface area contributed by atoms with E-state index in [0.717, 1.165) is 15.8 Å². The minimum absolute atomic E-state index is 0.108. The van der Waals surface area contributed by atoms with Crippen molar-refractivity contribution in [3.63, 3.8) is 0 Å². The van der Waals surface area contributed by atoms with E-state index in [0.29, 0.717) is 10.8 Å². The summed E-state index contributed by atoms with van der Waals surface area (Å²) in [6, 6.07) is 9.83. The normalized spacial score (nSPS) is 12.0. The Morgan fingerprint density at radius 1 is 1.32 bits per heavy atom. The van der Waals surface area contributed by atoms with E-state index in [1.165, 1.54) is 0 Å². The third kappa shape index (κ3) is 3.61. The summed E-state index contributed by atoms with van der Waals surface area (Å²) in [5.41, 5.74) is 1.14. The standard InChI is InChI=1S/C14H14BrClN2O/c1-9(10-3-5-12(19-2)6-4-10)18-14-13(16)7-11(15)8-17-14/h3-9H,1-2H3,(H,17,18). The number of methoxy groups -OCH3 is 1. The third-order valence-corrected chi connectivity index (χ3v) is 3.50. The number of nitrogens with one attached hydrogen (secondary N) is 1. The minimum Gasteiger partial charge on any atom is -0.497 e. The molecule has 0 saturated carbocycles. The topological polar surface area (TPSA) is 34.1 Å². The molecule has 5 heteroatoms. The Balaban J connectivity index is 2.13. The molecule has 0 aliphatic rings. The first-order valence-electron chi connectivity index (χ1n) is 5.81. The number of halogens is 2. The van der Waals surface area contributed by atoms with Gasteiger partial charge in [-0.25, -0.2) is 4.98 Å². The summed E-state index contributed by atoms with van der Waals surface area (Å²) in [5.74, 6) is 1.52. The lowest BCUT2D eigenvalue weighted by Gasteiger charge is -2.16. The highest BCUT2D eigenvalue weighted by Gasteiger charge is 2.09. The summed E-state index contributed by atoms with van der Waals surface area (Å²) < 4.78 is 6.00. The molecule has 0 aliphatic carbocycles. The quantitative estimate of drug-likeness (QED) is 0.877. The van der Waals surface area contributed by atoms with Crippen molar-refractivity contribution in [2.24, 2.45) is 0 Å². The van der Waals surface area contributed by atoms with Gasteiger partial charge in [-0.1, -0.05) is 23.7 Å². The number of pyridine rings is 1. The molecule has 1 aromatic heterocycles. The lowest BCUT2D eigenvalue weighted by molar-refractivity contribution is 0.414. The van der Waals surface area contributed by atoms with Gasteiger partial charge in [0.2, 0.25) is 0 Å². The molecular weight excluding hydrogens is 328 g/mol. The highest BCUT2D eigenvalue weighted by atomic mass is 79.9. The van der Waals surface area contributed by atoms with Crippen LogP contribution in [-0.2, 0) is 0 Å². The summed E-state index contributed by atoms with van der Waals surface area (Å²) in [6.45, 7) is 2.06. The maximum atomic E-state index is 6.13. The SMILES string of the molecule is COc1ccc(C(C)Nc2ncc(Br)cc2Cl)cc1. The van der Waals surface area contributed by atoms with Crippen LogP contribution in [0.15, 0.2) is 41.0 Å². The number of benzene rings is 1. The van der Waals surface area contributed by atoms with Crippen molar-refractivity contribution < 1.29 is 4.74 Å². The van der Waals surface area contributed by atoms with Crippen molar-refractivity contribution in [1.29, 1.82) is 0 Å². The molecule has 0 amide bonds. The minimum atomic E-state index is 0.108. The van der Waals surface area contributed by atoms with Crippen molar-refractivity contribution in [1.82, 2.24) is 4.98 Å². The Bertz CT molecular complexity index is 560. The van der Waals surface area contributed by atoms with Gasteiger partial charge in [-0.2, -0.15) is 0 Å². The molecule has 0 saturated heterocycles. The molecule has 3 nitrogen and oxygen atoms in total. The van der Waals surface area contributed by atoms with Crippen LogP contribution in [0.2, 0.25) is 5.02 Å². The molecule has 0 bridgehead atoms. The fourth-order valence-electron chi connectivity index (χ4n) is 1.70. The zero-order valence-corrected chi connectivity index (χ0v) is 13.0. The van der Waals surface area contributed by atoms with Gasteiger partial charge in [0.25, 0.3) is 0 Å². The molecule has 0 aliphatic heterocycles. The summed E-state index contributed by atoms with van der Waals surface area (Å²) in [4.78, 5) is 4.26. The van der Waals surface area contributed by atoms with Gasteiger partial charge in [0.15, 0.2) is 0 Å². The molecule has 0 fully saturated rings. The molecule has 1 aromatic carbocycles. The Kier molecular flexibility index (Phi) is 4.66. The van der Waals surface area contributed by atoms with E-state index in [-0.39, 0.29) is 6.04 Å². The first-order valence-corrected chi connectivity index (χ1v) is 6.99. The maximum absolute atomic E-state index is 6.13. The van der Waals surface area contributed by atoms with E-state index in [1.807, 2.05) is 30.3 Å². The molecule has 0 spiro atoms. The predicted octanol–water partition coefficient (Wildman–Crippen LogP) is 4.68. The summed E-state index contributed by atoms with van der Waals surface area (Å²) in [7, 11) is 1.65. The lowest BCUT2D eigenvalue weighted by Crippen LogP contribution is -2.08. The molecule has 2 aromatic rings. The van der Waals surface area contributed by atoms with Crippen molar-refractivity contribution in [3.8, 4) is 5.75 Å². The van der Waals surface area contributed by atoms with Crippen LogP contribution in [0, 0.1) is 0 Å². The molecule has 1 unspecified atom stereocenters. The van der Waals surface area contributed by atoms with E-state index in [4.69, 9.17) is 16.3 Å². The molecular formula is C14H14BrClN2O. The Morgan fingerprint density at radius 3 is 2.58 bits per heavy atom. The van der Waals surface area contributed by atoms with E-state index >= 15 is 0 Å². The van der Waals surface area contributed by atoms with Crippen LogP contribution in [0.4, 0.5) is 5.82 Å². The maximum Gasteiger partial charge on any atom is 0.145 e. The summed E-state index contributed by atoms with van der Waals surface area (Å²) in [6.07, 6.45) is 1.72. The largest absolute Gasteiger partial charge is 0.497 e. The van der Waals surface area contributed by atoms with Crippen LogP contribution in [0.3, 0.4) is 0 Å². The van der Waals surface area contributed by atoms with Gasteiger partial charge in [0, 0.05) is 16.7 Å². The molecule has 100 valence electrons. The van der Waals surface area contributed by atoms with Crippen LogP contribution in [0.1, 0.15) is 18.5 Å². The molecule has 1 heterocycles. The van der Waals surface area contributed by atoms with Crippen molar-refractivity contribution >= 4 is 33.3 Å². The van der Waals surface area contributed by atoms with Gasteiger partial charge in [-0.3, -0.25) is 0 Å². The number of ether oxygens (including phenoxy) is 1. The molecule has 19 heavy (non-hydrogen) atoms. The molecule has 2 rings (SSSR count). The van der Waals surface area contributed by atoms with Crippen LogP contribution < -0.4 is 10.1 Å². The van der Waals surface area contributed by atoms with Crippen LogP contribution in [0.25, 0.3) is 0 Å². The number of aromatic nitrogens is 1. The second-order valence-electron chi connectivity index (χ2n) is 4.12. The highest BCUT2D eigenvalue weighted by molar-refractivity contribution is 9.10. The van der Waals surface area contributed by atoms with Gasteiger partial charge in [0.05, 0.1) is 12.1 Å². The summed E-state index contributed by atoms with van der Waals surface area (Å²) >= 11 is 9.47. The number of hydrogen-bond donors (Lipinski definition) is 1. The van der Waals surface area contributed by atoms with E-state index in [2.05, 4.69) is 33.2 Å². The van der Waals surface area contributed by atoms with Gasteiger partial charge < -0.3 is 10.1 Å². The first kappa shape index (κ1) is 14.2. The second kappa shape index (κ2) is 6.26. The number of hydrogen-bond acceptors (Lipinski definition) is 3. The smallest absolute Gasteiger partial charge is 0.145 e. The van der Waals surface area contributed by atoms with Crippen molar-refractivity contribution in [3.05, 3.63) is 51.6 Å². The zero-order chi connectivity index (χ0) is 13.8. The van der Waals surface area contributed by atoms with Gasteiger partial charge >= 0.3 is 0 Å². The first-order chi connectivity index (χ1) is 9.10. The highest BCUT2D eigenvalue weighted by Crippen LogP contribution is 2.27. The third-order valence-electron chi connectivity index (χ3n) is 2.78. The Labute approximate surface area is 126 Å². The number of rotatable bonds is 4. The fourth-order valence-corrected chi connectivity index (χ4v) is 2.39. The molecule has 1 N–H and O–H groups in total. The Morgan fingerprint density at radius 2 is 2.00 bits per heavy atom. The molecule has 0 radical (unpaired) electrons. The van der Waals surface area contributed by atoms with Crippen molar-refractivity contribution in [2.75, 3.05) is 12.4 Å². The lowest BCUT2D eigenvalue weighted by atomic mass is 10.1. The van der Waals surface area contributed by atoms with E-state index in [1.54, 1.807) is 13.3 Å². The number of anilines is 1. The predicted molar refractivity (Wildman–Crippen MR) is 82.0 cm³/mol. The van der Waals surface area contributed by atoms with Crippen molar-refractivity contribution in [2.45, 2.75) is 13.0 Å². The fraction of sp³-hybridized carbons (Fsp3) is 0.214. The zero-order valence-electron chi connectivity index (χ0n) is 10.7. The second-order valence-corrected chi connectivity index (χ2v) is 5.45. The van der Waals surface area contributed by atoms with Gasteiger partial charge in [-0.05, 0) is 46.6 Å². The van der Waals surface area contributed by atoms with Gasteiger partial charge in [-0.15, -0.1) is 0 Å². The van der Waals surface area contributed by atoms with Gasteiger partial charge in [0.1, 0.15) is 11.6 Å². The summed E-state index contributed by atoms with van der Waals surface area (Å²) in [5, 5.41) is 3.88. The number of nitrogens with zero attached hydrogens (tertiary/aromatic N) is 1. The Hall–Kier alpha value is -1.26. The van der Waals surface area contributed by atoms with Crippen LogP contribution >= 0.6 is 27.5 Å². The average Bonchev–Trinajstić information content (AvgIpc) is 2.42.